The molecule has 0 amide bonds. The second kappa shape index (κ2) is 11.2. The molecule has 182 valence electrons. The van der Waals surface area contributed by atoms with Gasteiger partial charge in [-0.1, -0.05) is 78.9 Å². The number of hydrogen-bond donors (Lipinski definition) is 0. The second-order valence-electron chi connectivity index (χ2n) is 8.36. The quantitative estimate of drug-likeness (QED) is 0.351. The summed E-state index contributed by atoms with van der Waals surface area (Å²) < 4.78 is 16.4. The molecule has 1 heterocycles. The van der Waals surface area contributed by atoms with Crippen molar-refractivity contribution in [3.8, 4) is 0 Å². The van der Waals surface area contributed by atoms with Gasteiger partial charge in [-0.25, -0.2) is 5.06 Å². The Balaban J connectivity index is 1.75. The van der Waals surface area contributed by atoms with Crippen LogP contribution in [-0.2, 0) is 35.2 Å². The molecule has 1 saturated heterocycles. The van der Waals surface area contributed by atoms with Gasteiger partial charge in [0.15, 0.2) is 5.41 Å². The van der Waals surface area contributed by atoms with Crippen molar-refractivity contribution in [2.45, 2.75) is 25.2 Å². The van der Waals surface area contributed by atoms with Gasteiger partial charge in [0.05, 0.1) is 33.1 Å². The molecule has 3 aromatic carbocycles. The van der Waals surface area contributed by atoms with Crippen molar-refractivity contribution in [1.82, 2.24) is 0 Å². The van der Waals surface area contributed by atoms with E-state index in [1.807, 2.05) is 91.0 Å². The summed E-state index contributed by atoms with van der Waals surface area (Å²) in [7, 11) is 2.55. The number of carbonyl (C=O) groups excluding carboxylic acids is 2. The van der Waals surface area contributed by atoms with Crippen molar-refractivity contribution in [1.29, 1.82) is 0 Å². The van der Waals surface area contributed by atoms with Crippen LogP contribution in [0.4, 0.5) is 5.69 Å². The van der Waals surface area contributed by atoms with Crippen LogP contribution < -0.4 is 5.06 Å². The highest BCUT2D eigenvalue weighted by molar-refractivity contribution is 6.02. The third-order valence-corrected chi connectivity index (χ3v) is 6.15. The number of benzene rings is 3. The zero-order chi connectivity index (χ0) is 24.7. The van der Waals surface area contributed by atoms with Crippen molar-refractivity contribution < 1.29 is 28.6 Å². The SMILES string of the molecule is COC(=O)C1(C(=O)OC)C[C@H](COCc2ccccc2)ON(c2ccccc2)[C@@H]1c1ccccc1. The van der Waals surface area contributed by atoms with E-state index < -0.39 is 29.5 Å². The van der Waals surface area contributed by atoms with Gasteiger partial charge in [-0.05, 0) is 23.3 Å². The maximum Gasteiger partial charge on any atom is 0.325 e. The number of hydroxylamine groups is 1. The molecule has 0 N–H and O–H groups in total. The fourth-order valence-corrected chi connectivity index (χ4v) is 4.58. The monoisotopic (exact) mass is 475 g/mol. The summed E-state index contributed by atoms with van der Waals surface area (Å²) in [6, 6.07) is 27.6. The Kier molecular flexibility index (Phi) is 7.80. The molecule has 0 radical (unpaired) electrons. The van der Waals surface area contributed by atoms with Gasteiger partial charge < -0.3 is 14.2 Å². The first-order valence-electron chi connectivity index (χ1n) is 11.4. The minimum atomic E-state index is -1.68. The summed E-state index contributed by atoms with van der Waals surface area (Å²) in [5, 5.41) is 1.61. The molecule has 2 atom stereocenters. The number of rotatable bonds is 8. The fourth-order valence-electron chi connectivity index (χ4n) is 4.58. The Morgan fingerprint density at radius 3 is 1.97 bits per heavy atom. The summed E-state index contributed by atoms with van der Waals surface area (Å²) in [6.07, 6.45) is -0.582. The third-order valence-electron chi connectivity index (χ3n) is 6.15. The van der Waals surface area contributed by atoms with Gasteiger partial charge in [0, 0.05) is 6.42 Å². The molecule has 4 rings (SSSR count). The summed E-state index contributed by atoms with van der Waals surface area (Å²) in [5.74, 6) is -1.37. The third kappa shape index (κ3) is 5.06. The molecule has 0 spiro atoms. The molecule has 7 nitrogen and oxygen atoms in total. The van der Waals surface area contributed by atoms with Gasteiger partial charge in [0.25, 0.3) is 0 Å². The van der Waals surface area contributed by atoms with E-state index in [1.54, 1.807) is 5.06 Å². The number of para-hydroxylation sites is 1. The van der Waals surface area contributed by atoms with E-state index in [-0.39, 0.29) is 13.0 Å². The molecule has 7 heteroatoms. The lowest BCUT2D eigenvalue weighted by Gasteiger charge is -2.49. The molecule has 0 aromatic heterocycles. The zero-order valence-corrected chi connectivity index (χ0v) is 19.8. The average molecular weight is 476 g/mol. The smallest absolute Gasteiger partial charge is 0.325 e. The molecule has 0 unspecified atom stereocenters. The molecule has 1 fully saturated rings. The Hall–Kier alpha value is -3.68. The van der Waals surface area contributed by atoms with Crippen LogP contribution in [0, 0.1) is 5.41 Å². The van der Waals surface area contributed by atoms with Crippen molar-refractivity contribution in [3.05, 3.63) is 102 Å². The summed E-state index contributed by atoms with van der Waals surface area (Å²) in [4.78, 5) is 33.3. The van der Waals surface area contributed by atoms with Gasteiger partial charge in [-0.3, -0.25) is 14.4 Å². The molecule has 35 heavy (non-hydrogen) atoms. The van der Waals surface area contributed by atoms with Crippen LogP contribution in [0.25, 0.3) is 0 Å². The van der Waals surface area contributed by atoms with Gasteiger partial charge in [-0.15, -0.1) is 0 Å². The van der Waals surface area contributed by atoms with E-state index in [1.165, 1.54) is 14.2 Å². The summed E-state index contributed by atoms with van der Waals surface area (Å²) >= 11 is 0. The Bertz CT molecular complexity index is 1090. The Labute approximate surface area is 205 Å². The molecule has 0 aliphatic carbocycles. The van der Waals surface area contributed by atoms with Gasteiger partial charge in [0.1, 0.15) is 12.1 Å². The minimum Gasteiger partial charge on any atom is -0.468 e. The van der Waals surface area contributed by atoms with Crippen LogP contribution in [0.3, 0.4) is 0 Å². The van der Waals surface area contributed by atoms with Crippen LogP contribution in [0.1, 0.15) is 23.6 Å². The van der Waals surface area contributed by atoms with E-state index in [2.05, 4.69) is 0 Å². The minimum absolute atomic E-state index is 0.0318. The Morgan fingerprint density at radius 2 is 1.40 bits per heavy atom. The highest BCUT2D eigenvalue weighted by Crippen LogP contribution is 2.50. The van der Waals surface area contributed by atoms with Crippen LogP contribution in [0.2, 0.25) is 0 Å². The number of methoxy groups -OCH3 is 2. The van der Waals surface area contributed by atoms with Crippen molar-refractivity contribution in [3.63, 3.8) is 0 Å². The van der Waals surface area contributed by atoms with Crippen molar-refractivity contribution in [2.75, 3.05) is 25.9 Å². The van der Waals surface area contributed by atoms with E-state index in [4.69, 9.17) is 19.0 Å². The number of esters is 2. The second-order valence-corrected chi connectivity index (χ2v) is 8.36. The standard InChI is InChI=1S/C28H29NO6/c1-32-26(30)28(27(31)33-2)18-24(20-34-19-21-12-6-3-7-13-21)35-29(23-16-10-5-11-17-23)25(28)22-14-8-4-9-15-22/h3-17,24-25H,18-20H2,1-2H3/t24-,25-/m1/s1. The maximum absolute atomic E-state index is 13.4. The fraction of sp³-hybridized carbons (Fsp3) is 0.286. The van der Waals surface area contributed by atoms with Crippen LogP contribution in [0.5, 0.6) is 0 Å². The van der Waals surface area contributed by atoms with Gasteiger partial charge in [-0.2, -0.15) is 0 Å². The molecule has 1 aliphatic heterocycles. The number of anilines is 1. The first kappa shape index (κ1) is 24.4. The van der Waals surface area contributed by atoms with Crippen molar-refractivity contribution >= 4 is 17.6 Å². The number of hydrogen-bond acceptors (Lipinski definition) is 7. The number of carbonyl (C=O) groups is 2. The number of nitrogens with zero attached hydrogens (tertiary/aromatic N) is 1. The van der Waals surface area contributed by atoms with Crippen LogP contribution in [0.15, 0.2) is 91.0 Å². The normalized spacial score (nSPS) is 19.1. The first-order chi connectivity index (χ1) is 17.1. The van der Waals surface area contributed by atoms with E-state index in [0.29, 0.717) is 12.3 Å². The molecule has 3 aromatic rings. The largest absolute Gasteiger partial charge is 0.468 e. The molecular formula is C28H29NO6. The maximum atomic E-state index is 13.4. The van der Waals surface area contributed by atoms with Gasteiger partial charge >= 0.3 is 11.9 Å². The van der Waals surface area contributed by atoms with Crippen molar-refractivity contribution in [2.24, 2.45) is 5.41 Å². The number of ether oxygens (including phenoxy) is 3. The highest BCUT2D eigenvalue weighted by atomic mass is 16.7. The molecule has 0 bridgehead atoms. The predicted octanol–water partition coefficient (Wildman–Crippen LogP) is 4.49. The first-order valence-corrected chi connectivity index (χ1v) is 11.4. The molecule has 1 aliphatic rings. The lowest BCUT2D eigenvalue weighted by Crippen LogP contribution is -2.59. The topological polar surface area (TPSA) is 74.3 Å². The lowest BCUT2D eigenvalue weighted by molar-refractivity contribution is -0.189. The van der Waals surface area contributed by atoms with Crippen LogP contribution in [-0.4, -0.2) is 38.9 Å². The lowest BCUT2D eigenvalue weighted by atomic mass is 9.71. The average Bonchev–Trinajstić information content (AvgIpc) is 2.93. The molecular weight excluding hydrogens is 446 g/mol. The predicted molar refractivity (Wildman–Crippen MR) is 130 cm³/mol. The van der Waals surface area contributed by atoms with E-state index >= 15 is 0 Å². The summed E-state index contributed by atoms with van der Waals surface area (Å²) in [6.45, 7) is 0.535. The van der Waals surface area contributed by atoms with E-state index in [9.17, 15) is 9.59 Å². The molecule has 0 saturated carbocycles. The summed E-state index contributed by atoms with van der Waals surface area (Å²) in [5.41, 5.74) is 0.736. The van der Waals surface area contributed by atoms with E-state index in [0.717, 1.165) is 11.1 Å². The highest BCUT2D eigenvalue weighted by Gasteiger charge is 2.62. The zero-order valence-electron chi connectivity index (χ0n) is 19.8. The van der Waals surface area contributed by atoms with Crippen LogP contribution >= 0.6 is 0 Å². The Morgan fingerprint density at radius 1 is 0.857 bits per heavy atom. The van der Waals surface area contributed by atoms with Gasteiger partial charge in [0.2, 0.25) is 0 Å².